The first-order valence-electron chi connectivity index (χ1n) is 14.9. The van der Waals surface area contributed by atoms with Crippen molar-refractivity contribution in [2.45, 2.75) is 19.8 Å². The number of rotatable bonds is 9. The maximum Gasteiger partial charge on any atom is 0.277 e. The van der Waals surface area contributed by atoms with Gasteiger partial charge in [-0.05, 0) is 55.8 Å². The Kier molecular flexibility index (Phi) is 8.50. The third kappa shape index (κ3) is 5.53. The lowest BCUT2D eigenvalue weighted by atomic mass is 9.85. The predicted octanol–water partition coefficient (Wildman–Crippen LogP) is 7.47. The van der Waals surface area contributed by atoms with E-state index in [2.05, 4.69) is 26.1 Å². The number of H-pyrrole nitrogens is 2. The molecule has 3 aromatic carbocycles. The Labute approximate surface area is 291 Å². The van der Waals surface area contributed by atoms with E-state index in [1.165, 1.54) is 32.0 Å². The van der Waals surface area contributed by atoms with Crippen LogP contribution in [-0.2, 0) is 0 Å². The third-order valence-corrected chi connectivity index (χ3v) is 10.3. The van der Waals surface area contributed by atoms with Gasteiger partial charge in [-0.2, -0.15) is 9.36 Å². The second-order valence-corrected chi connectivity index (χ2v) is 13.6. The molecule has 48 heavy (non-hydrogen) atoms. The number of nitrogens with one attached hydrogen (secondary N) is 2. The number of aromatic nitrogens is 6. The molecule has 0 atom stereocenters. The van der Waals surface area contributed by atoms with Crippen molar-refractivity contribution >= 4 is 38.6 Å². The Bertz CT molecular complexity index is 2240. The molecule has 0 amide bonds. The van der Waals surface area contributed by atoms with Crippen LogP contribution in [0.5, 0.6) is 11.5 Å². The van der Waals surface area contributed by atoms with E-state index in [0.717, 1.165) is 21.2 Å². The number of ether oxygens (including phenoxy) is 2. The maximum atomic E-state index is 14.4. The van der Waals surface area contributed by atoms with Gasteiger partial charge in [0, 0.05) is 43.7 Å². The average molecular weight is 742 g/mol. The van der Waals surface area contributed by atoms with Crippen LogP contribution in [-0.4, -0.2) is 43.7 Å². The van der Waals surface area contributed by atoms with Gasteiger partial charge in [0.15, 0.2) is 0 Å². The molecule has 4 heterocycles. The molecule has 13 heteroatoms. The minimum absolute atomic E-state index is 0.291. The van der Waals surface area contributed by atoms with Gasteiger partial charge in [-0.25, -0.2) is 9.97 Å². The van der Waals surface area contributed by atoms with Crippen molar-refractivity contribution in [2.24, 2.45) is 0 Å². The smallest absolute Gasteiger partial charge is 0.277 e. The zero-order chi connectivity index (χ0) is 33.5. The molecule has 0 aliphatic carbocycles. The lowest BCUT2D eigenvalue weighted by Crippen LogP contribution is -2.25. The van der Waals surface area contributed by atoms with Crippen LogP contribution < -0.4 is 20.6 Å². The minimum atomic E-state index is -0.685. The van der Waals surface area contributed by atoms with Crippen molar-refractivity contribution in [3.05, 3.63) is 137 Å². The lowest BCUT2D eigenvalue weighted by Gasteiger charge is -2.16. The highest BCUT2D eigenvalue weighted by Crippen LogP contribution is 2.36. The molecule has 2 N–H and O–H groups in total. The quantitative estimate of drug-likeness (QED) is 0.159. The third-order valence-electron chi connectivity index (χ3n) is 8.15. The molecule has 7 aromatic rings. The summed E-state index contributed by atoms with van der Waals surface area (Å²) < 4.78 is 14.8. The van der Waals surface area contributed by atoms with Gasteiger partial charge in [0.25, 0.3) is 11.1 Å². The number of halogens is 1. The zero-order valence-electron chi connectivity index (χ0n) is 26.3. The van der Waals surface area contributed by atoms with E-state index in [1.807, 2.05) is 97.4 Å². The van der Waals surface area contributed by atoms with E-state index in [9.17, 15) is 9.59 Å². The Morgan fingerprint density at radius 3 is 1.56 bits per heavy atom. The van der Waals surface area contributed by atoms with E-state index < -0.39 is 5.92 Å². The molecule has 7 rings (SSSR count). The van der Waals surface area contributed by atoms with Crippen molar-refractivity contribution in [3.63, 3.8) is 0 Å². The molecular weight excluding hydrogens is 712 g/mol. The summed E-state index contributed by atoms with van der Waals surface area (Å²) in [6, 6.07) is 22.9. The molecule has 0 spiro atoms. The SMILES string of the molecule is COc1ccccc1-c1csc(-n2[nH]c(C)c(C(c3ccc(Br)cc3)c3c(C)[nH]n(-c4nc(-c5ccccc5OC)cs4)c3=O)c2=O)n1. The summed E-state index contributed by atoms with van der Waals surface area (Å²) >= 11 is 6.20. The largest absolute Gasteiger partial charge is 0.496 e. The van der Waals surface area contributed by atoms with Gasteiger partial charge in [-0.15, -0.1) is 22.7 Å². The highest BCUT2D eigenvalue weighted by molar-refractivity contribution is 9.10. The fourth-order valence-electron chi connectivity index (χ4n) is 5.90. The summed E-state index contributed by atoms with van der Waals surface area (Å²) in [4.78, 5) is 38.3. The summed E-state index contributed by atoms with van der Waals surface area (Å²) in [6.45, 7) is 3.68. The Balaban J connectivity index is 1.34. The van der Waals surface area contributed by atoms with Crippen LogP contribution in [0.15, 0.2) is 97.6 Å². The second-order valence-electron chi connectivity index (χ2n) is 11.0. The number of hydrogen-bond donors (Lipinski definition) is 2. The minimum Gasteiger partial charge on any atom is -0.496 e. The van der Waals surface area contributed by atoms with E-state index >= 15 is 0 Å². The van der Waals surface area contributed by atoms with Crippen molar-refractivity contribution in [1.82, 2.24) is 29.5 Å². The Hall–Kier alpha value is -4.98. The molecule has 0 unspecified atom stereocenters. The number of hydrogen-bond acceptors (Lipinski definition) is 8. The first-order chi connectivity index (χ1) is 23.3. The fourth-order valence-corrected chi connectivity index (χ4v) is 7.72. The maximum absolute atomic E-state index is 14.4. The Morgan fingerprint density at radius 2 is 1.12 bits per heavy atom. The van der Waals surface area contributed by atoms with E-state index in [0.29, 0.717) is 55.7 Å². The second kappa shape index (κ2) is 12.9. The topological polar surface area (TPSA) is 120 Å². The molecule has 0 radical (unpaired) electrons. The summed E-state index contributed by atoms with van der Waals surface area (Å²) in [7, 11) is 3.23. The fraction of sp³-hybridized carbons (Fsp3) is 0.143. The number of thiazole rings is 2. The van der Waals surface area contributed by atoms with E-state index in [-0.39, 0.29) is 11.1 Å². The molecule has 0 aliphatic rings. The van der Waals surface area contributed by atoms with Crippen LogP contribution in [0.3, 0.4) is 0 Å². The number of methoxy groups -OCH3 is 2. The molecule has 4 aromatic heterocycles. The molecule has 0 saturated carbocycles. The number of benzene rings is 3. The van der Waals surface area contributed by atoms with Crippen molar-refractivity contribution in [3.8, 4) is 44.3 Å². The number of aryl methyl sites for hydroxylation is 2. The highest BCUT2D eigenvalue weighted by Gasteiger charge is 2.32. The van der Waals surface area contributed by atoms with Crippen LogP contribution in [0.25, 0.3) is 32.8 Å². The number of nitrogens with zero attached hydrogens (tertiary/aromatic N) is 4. The van der Waals surface area contributed by atoms with E-state index in [1.54, 1.807) is 14.2 Å². The Morgan fingerprint density at radius 1 is 0.688 bits per heavy atom. The first-order valence-corrected chi connectivity index (χ1v) is 17.4. The predicted molar refractivity (Wildman–Crippen MR) is 193 cm³/mol. The summed E-state index contributed by atoms with van der Waals surface area (Å²) in [5.74, 6) is 0.694. The van der Waals surface area contributed by atoms with Crippen LogP contribution in [0.4, 0.5) is 0 Å². The van der Waals surface area contributed by atoms with Crippen LogP contribution >= 0.6 is 38.6 Å². The van der Waals surface area contributed by atoms with Gasteiger partial charge in [-0.1, -0.05) is 52.3 Å². The molecule has 0 fully saturated rings. The van der Waals surface area contributed by atoms with Crippen molar-refractivity contribution < 1.29 is 9.47 Å². The highest BCUT2D eigenvalue weighted by atomic mass is 79.9. The van der Waals surface area contributed by atoms with Crippen LogP contribution in [0.2, 0.25) is 0 Å². The number of para-hydroxylation sites is 2. The standard InChI is InChI=1S/C35H29BrN6O4S2/c1-19-29(32(43)41(39-19)34-37-25(17-47-34)23-9-5-7-11-27(23)45-3)31(21-13-15-22(36)16-14-21)30-20(2)40-42(33(30)44)35-38-26(18-48-35)24-10-6-8-12-28(24)46-4/h5-18,31,39-40H,1-4H3. The van der Waals surface area contributed by atoms with Gasteiger partial charge in [0.1, 0.15) is 11.5 Å². The van der Waals surface area contributed by atoms with Crippen molar-refractivity contribution in [1.29, 1.82) is 0 Å². The summed E-state index contributed by atoms with van der Waals surface area (Å²) in [5.41, 5.74) is 5.40. The normalized spacial score (nSPS) is 11.4. The monoisotopic (exact) mass is 740 g/mol. The molecule has 0 bridgehead atoms. The molecular formula is C35H29BrN6O4S2. The summed E-state index contributed by atoms with van der Waals surface area (Å²) in [5, 5.41) is 11.2. The number of aromatic amines is 2. The van der Waals surface area contributed by atoms with Gasteiger partial charge in [0.05, 0.1) is 36.7 Å². The van der Waals surface area contributed by atoms with E-state index in [4.69, 9.17) is 19.4 Å². The molecule has 0 aliphatic heterocycles. The molecule has 10 nitrogen and oxygen atoms in total. The van der Waals surface area contributed by atoms with Gasteiger partial charge in [0.2, 0.25) is 10.3 Å². The van der Waals surface area contributed by atoms with Gasteiger partial charge < -0.3 is 9.47 Å². The van der Waals surface area contributed by atoms with Gasteiger partial charge >= 0.3 is 0 Å². The summed E-state index contributed by atoms with van der Waals surface area (Å²) in [6.07, 6.45) is 0. The lowest BCUT2D eigenvalue weighted by molar-refractivity contribution is 0.416. The average Bonchev–Trinajstić information content (AvgIpc) is 3.90. The van der Waals surface area contributed by atoms with Crippen LogP contribution in [0.1, 0.15) is 34.0 Å². The molecule has 242 valence electrons. The van der Waals surface area contributed by atoms with Crippen molar-refractivity contribution in [2.75, 3.05) is 14.2 Å². The van der Waals surface area contributed by atoms with Gasteiger partial charge in [-0.3, -0.25) is 19.8 Å². The first kappa shape index (κ1) is 31.6. The zero-order valence-corrected chi connectivity index (χ0v) is 29.5. The molecule has 0 saturated heterocycles. The van der Waals surface area contributed by atoms with Crippen LogP contribution in [0, 0.1) is 13.8 Å².